The van der Waals surface area contributed by atoms with Crippen LogP contribution in [0.4, 0.5) is 0 Å². The normalized spacial score (nSPS) is 24.7. The summed E-state index contributed by atoms with van der Waals surface area (Å²) in [5.41, 5.74) is 2.26. The predicted molar refractivity (Wildman–Crippen MR) is 102 cm³/mol. The van der Waals surface area contributed by atoms with Gasteiger partial charge in [0.05, 0.1) is 0 Å². The Labute approximate surface area is 155 Å². The third-order valence-corrected chi connectivity index (χ3v) is 6.28. The van der Waals surface area contributed by atoms with Crippen molar-refractivity contribution in [2.45, 2.75) is 50.0 Å². The lowest BCUT2D eigenvalue weighted by Crippen LogP contribution is -2.56. The van der Waals surface area contributed by atoms with Gasteiger partial charge in [0.1, 0.15) is 5.54 Å². The Morgan fingerprint density at radius 3 is 2.81 bits per heavy atom. The van der Waals surface area contributed by atoms with Crippen molar-refractivity contribution in [1.82, 2.24) is 20.4 Å². The Morgan fingerprint density at radius 1 is 1.23 bits per heavy atom. The molecule has 2 N–H and O–H groups in total. The summed E-state index contributed by atoms with van der Waals surface area (Å²) in [7, 11) is 0. The smallest absolute Gasteiger partial charge is 0.248 e. The second-order valence-corrected chi connectivity index (χ2v) is 7.99. The summed E-state index contributed by atoms with van der Waals surface area (Å²) in [6.07, 6.45) is 8.65. The van der Waals surface area contributed by atoms with Crippen LogP contribution in [-0.2, 0) is 22.2 Å². The van der Waals surface area contributed by atoms with E-state index in [-0.39, 0.29) is 11.3 Å². The van der Waals surface area contributed by atoms with Gasteiger partial charge in [-0.1, -0.05) is 31.2 Å². The van der Waals surface area contributed by atoms with Crippen LogP contribution in [0.5, 0.6) is 0 Å². The van der Waals surface area contributed by atoms with Crippen LogP contribution >= 0.6 is 0 Å². The van der Waals surface area contributed by atoms with Gasteiger partial charge in [0, 0.05) is 24.4 Å². The lowest BCUT2D eigenvalue weighted by atomic mass is 9.71. The molecule has 1 aliphatic heterocycles. The van der Waals surface area contributed by atoms with Gasteiger partial charge < -0.3 is 10.6 Å². The number of nitrogens with one attached hydrogen (secondary N) is 2. The number of aryl methyl sites for hydroxylation is 1. The van der Waals surface area contributed by atoms with Crippen molar-refractivity contribution in [3.05, 3.63) is 53.9 Å². The number of fused-ring (bicyclic) bond motifs is 1. The average Bonchev–Trinajstić information content (AvgIpc) is 3.22. The molecule has 1 unspecified atom stereocenters. The lowest BCUT2D eigenvalue weighted by molar-refractivity contribution is -0.132. The molecule has 0 spiro atoms. The molecule has 5 heteroatoms. The molecule has 1 aliphatic carbocycles. The monoisotopic (exact) mass is 352 g/mol. The van der Waals surface area contributed by atoms with E-state index in [2.05, 4.69) is 46.9 Å². The second kappa shape index (κ2) is 6.88. The van der Waals surface area contributed by atoms with Gasteiger partial charge in [0.2, 0.25) is 5.91 Å². The summed E-state index contributed by atoms with van der Waals surface area (Å²) in [4.78, 5) is 13.3. The summed E-state index contributed by atoms with van der Waals surface area (Å²) in [5, 5.41) is 11.1. The molecule has 1 atom stereocenters. The number of amides is 1. The van der Waals surface area contributed by atoms with Gasteiger partial charge >= 0.3 is 0 Å². The minimum Gasteiger partial charge on any atom is -0.353 e. The first-order valence-electron chi connectivity index (χ1n) is 9.72. The minimum atomic E-state index is -0.570. The van der Waals surface area contributed by atoms with Crippen molar-refractivity contribution in [3.8, 4) is 0 Å². The van der Waals surface area contributed by atoms with Gasteiger partial charge in [-0.15, -0.1) is 0 Å². The van der Waals surface area contributed by atoms with Crippen LogP contribution in [0.15, 0.2) is 42.7 Å². The predicted octanol–water partition coefficient (Wildman–Crippen LogP) is 2.37. The SMILES string of the molecule is CC1(CNC(=O)C2(n3cccn3)CCNCC2)CCCc2ccccc21. The molecule has 1 amide bonds. The van der Waals surface area contributed by atoms with Crippen LogP contribution in [-0.4, -0.2) is 35.3 Å². The van der Waals surface area contributed by atoms with Crippen LogP contribution in [0, 0.1) is 0 Å². The van der Waals surface area contributed by atoms with Gasteiger partial charge in [-0.3, -0.25) is 9.48 Å². The van der Waals surface area contributed by atoms with Crippen molar-refractivity contribution in [1.29, 1.82) is 0 Å². The number of piperidine rings is 1. The van der Waals surface area contributed by atoms with Gasteiger partial charge in [-0.2, -0.15) is 5.10 Å². The summed E-state index contributed by atoms with van der Waals surface area (Å²) >= 11 is 0. The van der Waals surface area contributed by atoms with E-state index < -0.39 is 5.54 Å². The zero-order chi connectivity index (χ0) is 18.0. The standard InChI is InChI=1S/C21H28N4O/c1-20(9-4-7-17-6-2-3-8-18(17)20)16-23-19(26)21(10-13-22-14-11-21)25-15-5-12-24-25/h2-3,5-6,8,12,15,22H,4,7,9-11,13-14,16H2,1H3,(H,23,26). The molecule has 1 fully saturated rings. The molecular weight excluding hydrogens is 324 g/mol. The summed E-state index contributed by atoms with van der Waals surface area (Å²) in [5.74, 6) is 0.104. The molecule has 0 saturated carbocycles. The molecule has 138 valence electrons. The third kappa shape index (κ3) is 2.94. The molecule has 26 heavy (non-hydrogen) atoms. The fraction of sp³-hybridized carbons (Fsp3) is 0.524. The first kappa shape index (κ1) is 17.3. The molecule has 1 aromatic carbocycles. The average molecular weight is 352 g/mol. The van der Waals surface area contributed by atoms with Crippen molar-refractivity contribution in [2.24, 2.45) is 0 Å². The summed E-state index contributed by atoms with van der Waals surface area (Å²) in [6, 6.07) is 10.6. The number of aromatic nitrogens is 2. The van der Waals surface area contributed by atoms with Crippen LogP contribution in [0.2, 0.25) is 0 Å². The maximum Gasteiger partial charge on any atom is 0.248 e. The van der Waals surface area contributed by atoms with Gasteiger partial charge in [0.15, 0.2) is 0 Å². The number of nitrogens with zero attached hydrogens (tertiary/aromatic N) is 2. The zero-order valence-corrected chi connectivity index (χ0v) is 15.5. The van der Waals surface area contributed by atoms with Crippen LogP contribution < -0.4 is 10.6 Å². The number of rotatable bonds is 4. The summed E-state index contributed by atoms with van der Waals surface area (Å²) < 4.78 is 1.86. The molecule has 4 rings (SSSR count). The summed E-state index contributed by atoms with van der Waals surface area (Å²) in [6.45, 7) is 4.65. The van der Waals surface area contributed by atoms with Crippen molar-refractivity contribution in [2.75, 3.05) is 19.6 Å². The molecule has 0 bridgehead atoms. The van der Waals surface area contributed by atoms with E-state index in [1.165, 1.54) is 17.5 Å². The van der Waals surface area contributed by atoms with Crippen LogP contribution in [0.3, 0.4) is 0 Å². The van der Waals surface area contributed by atoms with Gasteiger partial charge in [-0.05, 0) is 62.4 Å². The number of benzene rings is 1. The van der Waals surface area contributed by atoms with E-state index >= 15 is 0 Å². The molecule has 2 aliphatic rings. The van der Waals surface area contributed by atoms with Gasteiger partial charge in [-0.25, -0.2) is 0 Å². The minimum absolute atomic E-state index is 0.00270. The van der Waals surface area contributed by atoms with E-state index in [0.717, 1.165) is 38.8 Å². The molecular formula is C21H28N4O. The molecule has 2 heterocycles. The number of carbonyl (C=O) groups excluding carboxylic acids is 1. The molecule has 1 saturated heterocycles. The highest BCUT2D eigenvalue weighted by molar-refractivity contribution is 5.84. The Kier molecular flexibility index (Phi) is 4.57. The molecule has 2 aromatic rings. The number of hydrogen-bond acceptors (Lipinski definition) is 3. The van der Waals surface area contributed by atoms with Crippen LogP contribution in [0.1, 0.15) is 43.7 Å². The Hall–Kier alpha value is -2.14. The van der Waals surface area contributed by atoms with E-state index in [1.54, 1.807) is 6.20 Å². The molecule has 0 radical (unpaired) electrons. The maximum absolute atomic E-state index is 13.3. The first-order chi connectivity index (χ1) is 12.6. The first-order valence-corrected chi connectivity index (χ1v) is 9.72. The van der Waals surface area contributed by atoms with E-state index in [4.69, 9.17) is 0 Å². The highest BCUT2D eigenvalue weighted by atomic mass is 16.2. The molecule has 5 nitrogen and oxygen atoms in total. The van der Waals surface area contributed by atoms with E-state index in [1.807, 2.05) is 16.9 Å². The van der Waals surface area contributed by atoms with E-state index in [0.29, 0.717) is 6.54 Å². The third-order valence-electron chi connectivity index (χ3n) is 6.28. The van der Waals surface area contributed by atoms with Gasteiger partial charge in [0.25, 0.3) is 0 Å². The van der Waals surface area contributed by atoms with Crippen molar-refractivity contribution >= 4 is 5.91 Å². The fourth-order valence-corrected chi connectivity index (χ4v) is 4.68. The Bertz CT molecular complexity index is 764. The van der Waals surface area contributed by atoms with E-state index in [9.17, 15) is 4.79 Å². The highest BCUT2D eigenvalue weighted by Crippen LogP contribution is 2.37. The van der Waals surface area contributed by atoms with Crippen LogP contribution in [0.25, 0.3) is 0 Å². The fourth-order valence-electron chi connectivity index (χ4n) is 4.68. The number of hydrogen-bond donors (Lipinski definition) is 2. The number of carbonyl (C=O) groups is 1. The largest absolute Gasteiger partial charge is 0.353 e. The highest BCUT2D eigenvalue weighted by Gasteiger charge is 2.43. The maximum atomic E-state index is 13.3. The lowest BCUT2D eigenvalue weighted by Gasteiger charge is -2.40. The zero-order valence-electron chi connectivity index (χ0n) is 15.5. The Balaban J connectivity index is 1.55. The van der Waals surface area contributed by atoms with Crippen molar-refractivity contribution in [3.63, 3.8) is 0 Å². The second-order valence-electron chi connectivity index (χ2n) is 7.99. The van der Waals surface area contributed by atoms with Crippen molar-refractivity contribution < 1.29 is 4.79 Å². The quantitative estimate of drug-likeness (QED) is 0.888. The Morgan fingerprint density at radius 2 is 2.04 bits per heavy atom. The topological polar surface area (TPSA) is 59.0 Å². The molecule has 1 aromatic heterocycles.